The predicted octanol–water partition coefficient (Wildman–Crippen LogP) is 4.21. The summed E-state index contributed by atoms with van der Waals surface area (Å²) in [6.07, 6.45) is 1.52. The molecule has 1 aliphatic heterocycles. The molecule has 0 fully saturated rings. The first-order valence-electron chi connectivity index (χ1n) is 10.3. The molecule has 8 nitrogen and oxygen atoms in total. The Morgan fingerprint density at radius 3 is 2.38 bits per heavy atom. The summed E-state index contributed by atoms with van der Waals surface area (Å²) in [5, 5.41) is 0. The summed E-state index contributed by atoms with van der Waals surface area (Å²) in [4.78, 5) is 16.6. The second kappa shape index (κ2) is 9.80. The molecule has 0 bridgehead atoms. The molecular formula is C25H21NO7S. The maximum Gasteiger partial charge on any atom is 0.363 e. The second-order valence-corrected chi connectivity index (χ2v) is 8.60. The van der Waals surface area contributed by atoms with Crippen LogP contribution in [0.1, 0.15) is 18.1 Å². The average Bonchev–Trinajstić information content (AvgIpc) is 3.21. The molecule has 174 valence electrons. The molecule has 0 radical (unpaired) electrons. The van der Waals surface area contributed by atoms with E-state index in [0.717, 1.165) is 0 Å². The van der Waals surface area contributed by atoms with Crippen LogP contribution in [0, 0.1) is 0 Å². The van der Waals surface area contributed by atoms with Crippen molar-refractivity contribution < 1.29 is 31.6 Å². The number of nitrogens with zero attached hydrogens (tertiary/aromatic N) is 1. The monoisotopic (exact) mass is 479 g/mol. The van der Waals surface area contributed by atoms with Crippen molar-refractivity contribution in [3.63, 3.8) is 0 Å². The Morgan fingerprint density at radius 1 is 0.971 bits per heavy atom. The number of cyclic esters (lactones) is 1. The number of aliphatic imine (C=N–C) groups is 1. The number of hydrogen-bond acceptors (Lipinski definition) is 8. The van der Waals surface area contributed by atoms with Gasteiger partial charge in [0.05, 0.1) is 13.7 Å². The first-order valence-corrected chi connectivity index (χ1v) is 11.7. The lowest BCUT2D eigenvalue weighted by molar-refractivity contribution is -0.129. The molecule has 3 aromatic rings. The first kappa shape index (κ1) is 23.1. The lowest BCUT2D eigenvalue weighted by Crippen LogP contribution is -2.10. The van der Waals surface area contributed by atoms with Crippen molar-refractivity contribution >= 4 is 28.1 Å². The Balaban J connectivity index is 1.57. The van der Waals surface area contributed by atoms with Crippen LogP contribution in [0.4, 0.5) is 0 Å². The number of hydrogen-bond donors (Lipinski definition) is 0. The van der Waals surface area contributed by atoms with E-state index in [1.54, 1.807) is 54.6 Å². The van der Waals surface area contributed by atoms with Gasteiger partial charge in [0, 0.05) is 5.56 Å². The molecule has 0 saturated heterocycles. The van der Waals surface area contributed by atoms with Crippen LogP contribution >= 0.6 is 0 Å². The molecule has 34 heavy (non-hydrogen) atoms. The highest BCUT2D eigenvalue weighted by Crippen LogP contribution is 2.32. The van der Waals surface area contributed by atoms with Crippen molar-refractivity contribution in [2.75, 3.05) is 13.7 Å². The summed E-state index contributed by atoms with van der Waals surface area (Å²) in [5.74, 6) is 0.475. The molecule has 9 heteroatoms. The summed E-state index contributed by atoms with van der Waals surface area (Å²) in [6, 6.07) is 19.4. The standard InChI is InChI=1S/C25H21NO7S/c1-3-31-19-12-10-18(11-13-19)24-26-21(25(27)32-24)15-17-9-14-22(23(16-17)30-2)33-34(28,29)20-7-5-4-6-8-20/h4-16H,3H2,1-2H3/b21-15-. The molecule has 0 N–H and O–H groups in total. The van der Waals surface area contributed by atoms with Gasteiger partial charge in [0.25, 0.3) is 0 Å². The van der Waals surface area contributed by atoms with Gasteiger partial charge in [-0.1, -0.05) is 24.3 Å². The zero-order valence-corrected chi connectivity index (χ0v) is 19.2. The quantitative estimate of drug-likeness (QED) is 0.271. The Hall–Kier alpha value is -4.11. The number of methoxy groups -OCH3 is 1. The third kappa shape index (κ3) is 5.10. The van der Waals surface area contributed by atoms with Gasteiger partial charge in [-0.25, -0.2) is 9.79 Å². The van der Waals surface area contributed by atoms with Crippen LogP contribution in [0.3, 0.4) is 0 Å². The van der Waals surface area contributed by atoms with Crippen LogP contribution in [0.15, 0.2) is 88.4 Å². The van der Waals surface area contributed by atoms with E-state index in [-0.39, 0.29) is 28.0 Å². The third-order valence-electron chi connectivity index (χ3n) is 4.76. The van der Waals surface area contributed by atoms with Gasteiger partial charge < -0.3 is 18.4 Å². The van der Waals surface area contributed by atoms with Gasteiger partial charge in [0.2, 0.25) is 5.90 Å². The molecule has 4 rings (SSSR count). The lowest BCUT2D eigenvalue weighted by atomic mass is 10.1. The molecule has 0 unspecified atom stereocenters. The van der Waals surface area contributed by atoms with Gasteiger partial charge >= 0.3 is 16.1 Å². The minimum absolute atomic E-state index is 0.0149. The van der Waals surface area contributed by atoms with Crippen molar-refractivity contribution in [1.82, 2.24) is 0 Å². The molecule has 3 aromatic carbocycles. The Kier molecular flexibility index (Phi) is 6.65. The van der Waals surface area contributed by atoms with E-state index in [9.17, 15) is 13.2 Å². The summed E-state index contributed by atoms with van der Waals surface area (Å²) >= 11 is 0. The summed E-state index contributed by atoms with van der Waals surface area (Å²) < 4.78 is 46.3. The van der Waals surface area contributed by atoms with Crippen molar-refractivity contribution in [1.29, 1.82) is 0 Å². The molecule has 0 amide bonds. The van der Waals surface area contributed by atoms with Gasteiger partial charge in [-0.15, -0.1) is 0 Å². The molecule has 1 heterocycles. The summed E-state index contributed by atoms with van der Waals surface area (Å²) in [7, 11) is -2.65. The van der Waals surface area contributed by atoms with E-state index in [0.29, 0.717) is 23.5 Å². The topological polar surface area (TPSA) is 100 Å². The van der Waals surface area contributed by atoms with Crippen LogP contribution in [0.5, 0.6) is 17.2 Å². The third-order valence-corrected chi connectivity index (χ3v) is 6.00. The molecular weight excluding hydrogens is 458 g/mol. The van der Waals surface area contributed by atoms with E-state index in [2.05, 4.69) is 4.99 Å². The van der Waals surface area contributed by atoms with Crippen molar-refractivity contribution in [3.8, 4) is 17.2 Å². The van der Waals surface area contributed by atoms with E-state index in [1.807, 2.05) is 6.92 Å². The zero-order valence-electron chi connectivity index (χ0n) is 18.4. The van der Waals surface area contributed by atoms with Crippen LogP contribution < -0.4 is 13.7 Å². The molecule has 0 aromatic heterocycles. The Morgan fingerprint density at radius 2 is 1.71 bits per heavy atom. The fourth-order valence-electron chi connectivity index (χ4n) is 3.15. The average molecular weight is 480 g/mol. The number of benzene rings is 3. The fraction of sp³-hybridized carbons (Fsp3) is 0.120. The summed E-state index contributed by atoms with van der Waals surface area (Å²) in [6.45, 7) is 2.44. The first-order chi connectivity index (χ1) is 16.4. The van der Waals surface area contributed by atoms with Crippen molar-refractivity contribution in [3.05, 3.63) is 89.6 Å². The highest BCUT2D eigenvalue weighted by Gasteiger charge is 2.25. The smallest absolute Gasteiger partial charge is 0.363 e. The van der Waals surface area contributed by atoms with Gasteiger partial charge in [0.1, 0.15) is 10.6 Å². The molecule has 1 aliphatic rings. The Labute approximate surface area is 197 Å². The normalized spacial score (nSPS) is 14.5. The zero-order chi connectivity index (χ0) is 24.1. The number of esters is 1. The fourth-order valence-corrected chi connectivity index (χ4v) is 4.11. The van der Waals surface area contributed by atoms with Crippen LogP contribution in [-0.4, -0.2) is 34.0 Å². The van der Waals surface area contributed by atoms with Gasteiger partial charge in [-0.3, -0.25) is 0 Å². The van der Waals surface area contributed by atoms with Gasteiger partial charge in [-0.05, 0) is 67.1 Å². The molecule has 0 atom stereocenters. The van der Waals surface area contributed by atoms with Gasteiger partial charge in [0.15, 0.2) is 17.2 Å². The largest absolute Gasteiger partial charge is 0.494 e. The Bertz CT molecular complexity index is 1360. The van der Waals surface area contributed by atoms with Crippen molar-refractivity contribution in [2.45, 2.75) is 11.8 Å². The minimum Gasteiger partial charge on any atom is -0.494 e. The predicted molar refractivity (Wildman–Crippen MR) is 125 cm³/mol. The van der Waals surface area contributed by atoms with Crippen LogP contribution in [-0.2, 0) is 19.6 Å². The summed E-state index contributed by atoms with van der Waals surface area (Å²) in [5.41, 5.74) is 1.27. The number of ether oxygens (including phenoxy) is 3. The lowest BCUT2D eigenvalue weighted by Gasteiger charge is -2.11. The van der Waals surface area contributed by atoms with Crippen molar-refractivity contribution in [2.24, 2.45) is 4.99 Å². The molecule has 0 aliphatic carbocycles. The number of carbonyl (C=O) groups excluding carboxylic acids is 1. The maximum atomic E-state index is 12.5. The minimum atomic E-state index is -4.04. The maximum absolute atomic E-state index is 12.5. The van der Waals surface area contributed by atoms with E-state index >= 15 is 0 Å². The van der Waals surface area contributed by atoms with E-state index in [1.165, 1.54) is 31.4 Å². The van der Waals surface area contributed by atoms with E-state index in [4.69, 9.17) is 18.4 Å². The molecule has 0 saturated carbocycles. The number of rotatable bonds is 8. The van der Waals surface area contributed by atoms with Crippen LogP contribution in [0.2, 0.25) is 0 Å². The highest BCUT2D eigenvalue weighted by atomic mass is 32.2. The second-order valence-electron chi connectivity index (χ2n) is 7.05. The van der Waals surface area contributed by atoms with Gasteiger partial charge in [-0.2, -0.15) is 8.42 Å². The van der Waals surface area contributed by atoms with Crippen LogP contribution in [0.25, 0.3) is 6.08 Å². The SMILES string of the molecule is CCOc1ccc(C2=N/C(=C\c3ccc(OS(=O)(=O)c4ccccc4)c(OC)c3)C(=O)O2)cc1. The molecule has 0 spiro atoms. The van der Waals surface area contributed by atoms with E-state index < -0.39 is 16.1 Å². The number of carbonyl (C=O) groups is 1. The highest BCUT2D eigenvalue weighted by molar-refractivity contribution is 7.87.